The number of hydrogen-bond donors (Lipinski definition) is 1. The number of thiocarbonyl (C=S) groups is 1. The third-order valence-corrected chi connectivity index (χ3v) is 8.20. The van der Waals surface area contributed by atoms with Gasteiger partial charge in [0, 0.05) is 33.9 Å². The molecule has 0 spiro atoms. The molecule has 3 aromatic carbocycles. The van der Waals surface area contributed by atoms with Gasteiger partial charge in [0.05, 0.1) is 10.6 Å². The van der Waals surface area contributed by atoms with Crippen LogP contribution < -0.4 is 19.7 Å². The summed E-state index contributed by atoms with van der Waals surface area (Å²) in [5.74, 6) is 0.947. The molecule has 6 rings (SSSR count). The number of nitrogens with one attached hydrogen (secondary N) is 1. The summed E-state index contributed by atoms with van der Waals surface area (Å²) >= 11 is 6.92. The van der Waals surface area contributed by atoms with E-state index in [2.05, 4.69) is 5.32 Å². The number of ether oxygens (including phenoxy) is 2. The summed E-state index contributed by atoms with van der Waals surface area (Å²) in [5.41, 5.74) is 6.24. The Morgan fingerprint density at radius 1 is 1.05 bits per heavy atom. The minimum absolute atomic E-state index is 0.109. The molecule has 0 atom stereocenters. The summed E-state index contributed by atoms with van der Waals surface area (Å²) < 4.78 is 13.2. The van der Waals surface area contributed by atoms with Crippen molar-refractivity contribution in [2.75, 3.05) is 17.0 Å². The quantitative estimate of drug-likeness (QED) is 0.229. The van der Waals surface area contributed by atoms with Gasteiger partial charge in [0.2, 0.25) is 12.7 Å². The molecule has 0 bridgehead atoms. The van der Waals surface area contributed by atoms with Gasteiger partial charge in [-0.25, -0.2) is 0 Å². The molecular weight excluding hydrogens is 530 g/mol. The number of fused-ring (bicyclic) bond motifs is 2. The molecule has 3 heterocycles. The molecular formula is C30H25N3O4S2. The van der Waals surface area contributed by atoms with Crippen molar-refractivity contribution in [1.82, 2.24) is 4.57 Å². The highest BCUT2D eigenvalue weighted by Gasteiger charge is 2.34. The van der Waals surface area contributed by atoms with E-state index in [4.69, 9.17) is 21.7 Å². The summed E-state index contributed by atoms with van der Waals surface area (Å²) in [6, 6.07) is 19.2. The van der Waals surface area contributed by atoms with Crippen LogP contribution in [0.3, 0.4) is 0 Å². The third-order valence-electron chi connectivity index (χ3n) is 6.90. The Labute approximate surface area is 235 Å². The van der Waals surface area contributed by atoms with Gasteiger partial charge in [0.15, 0.2) is 15.8 Å². The molecule has 0 saturated carbocycles. The van der Waals surface area contributed by atoms with Gasteiger partial charge in [-0.15, -0.1) is 0 Å². The van der Waals surface area contributed by atoms with Gasteiger partial charge in [-0.2, -0.15) is 0 Å². The predicted octanol–water partition coefficient (Wildman–Crippen LogP) is 6.34. The van der Waals surface area contributed by atoms with E-state index in [1.54, 1.807) is 23.1 Å². The Bertz CT molecular complexity index is 1720. The first kappa shape index (κ1) is 25.2. The van der Waals surface area contributed by atoms with Gasteiger partial charge >= 0.3 is 0 Å². The number of aromatic nitrogens is 1. The van der Waals surface area contributed by atoms with E-state index in [0.29, 0.717) is 26.4 Å². The summed E-state index contributed by atoms with van der Waals surface area (Å²) in [6.07, 6.45) is 1.90. The zero-order chi connectivity index (χ0) is 27.3. The monoisotopic (exact) mass is 555 g/mol. The van der Waals surface area contributed by atoms with Gasteiger partial charge in [-0.1, -0.05) is 59.9 Å². The number of anilines is 2. The summed E-state index contributed by atoms with van der Waals surface area (Å²) in [6.45, 7) is 6.25. The van der Waals surface area contributed by atoms with Crippen LogP contribution in [0.4, 0.5) is 11.4 Å². The number of aryl methyl sites for hydroxylation is 2. The highest BCUT2D eigenvalue weighted by atomic mass is 32.2. The van der Waals surface area contributed by atoms with Crippen molar-refractivity contribution in [3.63, 3.8) is 0 Å². The number of benzene rings is 3. The maximum absolute atomic E-state index is 13.5. The number of thioether (sulfide) groups is 1. The number of nitrogens with zero attached hydrogens (tertiary/aromatic N) is 2. The number of amides is 2. The van der Waals surface area contributed by atoms with Crippen molar-refractivity contribution in [2.45, 2.75) is 27.3 Å². The zero-order valence-electron chi connectivity index (χ0n) is 21.6. The molecule has 9 heteroatoms. The first-order valence-electron chi connectivity index (χ1n) is 12.4. The topological polar surface area (TPSA) is 72.8 Å². The molecule has 1 fully saturated rings. The minimum Gasteiger partial charge on any atom is -0.454 e. The van der Waals surface area contributed by atoms with Crippen LogP contribution in [-0.2, 0) is 16.1 Å². The third kappa shape index (κ3) is 4.57. The number of hydrogen-bond acceptors (Lipinski definition) is 6. The maximum Gasteiger partial charge on any atom is 0.270 e. The van der Waals surface area contributed by atoms with Crippen molar-refractivity contribution in [3.8, 4) is 11.5 Å². The summed E-state index contributed by atoms with van der Waals surface area (Å²) in [5, 5.41) is 3.91. The van der Waals surface area contributed by atoms with Gasteiger partial charge < -0.3 is 19.4 Å². The predicted molar refractivity (Wildman–Crippen MR) is 159 cm³/mol. The molecule has 1 saturated heterocycles. The van der Waals surface area contributed by atoms with Crippen LogP contribution >= 0.6 is 24.0 Å². The van der Waals surface area contributed by atoms with Gasteiger partial charge in [-0.05, 0) is 56.7 Å². The van der Waals surface area contributed by atoms with Crippen molar-refractivity contribution in [2.24, 2.45) is 0 Å². The lowest BCUT2D eigenvalue weighted by atomic mass is 10.1. The molecule has 1 aromatic heterocycles. The lowest BCUT2D eigenvalue weighted by Crippen LogP contribution is -2.28. The highest BCUT2D eigenvalue weighted by molar-refractivity contribution is 8.27. The Kier molecular flexibility index (Phi) is 6.40. The van der Waals surface area contributed by atoms with Crippen LogP contribution in [0.25, 0.3) is 17.0 Å². The average Bonchev–Trinajstić information content (AvgIpc) is 3.56. The molecule has 0 unspecified atom stereocenters. The van der Waals surface area contributed by atoms with E-state index >= 15 is 0 Å². The van der Waals surface area contributed by atoms with Crippen molar-refractivity contribution >= 4 is 68.5 Å². The lowest BCUT2D eigenvalue weighted by molar-refractivity contribution is -0.116. The fraction of sp³-hybridized carbons (Fsp3) is 0.167. The second-order valence-corrected chi connectivity index (χ2v) is 11.2. The summed E-state index contributed by atoms with van der Waals surface area (Å²) in [4.78, 5) is 28.8. The number of carbonyl (C=O) groups excluding carboxylic acids is 2. The van der Waals surface area contributed by atoms with E-state index < -0.39 is 0 Å². The van der Waals surface area contributed by atoms with Crippen LogP contribution in [0.15, 0.2) is 65.6 Å². The van der Waals surface area contributed by atoms with E-state index in [0.717, 1.165) is 39.0 Å². The van der Waals surface area contributed by atoms with Crippen molar-refractivity contribution < 1.29 is 19.1 Å². The van der Waals surface area contributed by atoms with Crippen molar-refractivity contribution in [1.29, 1.82) is 0 Å². The van der Waals surface area contributed by atoms with E-state index in [9.17, 15) is 9.59 Å². The molecule has 196 valence electrons. The molecule has 7 nitrogen and oxygen atoms in total. The number of rotatable bonds is 5. The maximum atomic E-state index is 13.5. The highest BCUT2D eigenvalue weighted by Crippen LogP contribution is 2.39. The van der Waals surface area contributed by atoms with E-state index in [-0.39, 0.29) is 25.2 Å². The van der Waals surface area contributed by atoms with Gasteiger partial charge in [0.1, 0.15) is 6.54 Å². The molecule has 4 aromatic rings. The Balaban J connectivity index is 1.31. The van der Waals surface area contributed by atoms with E-state index in [1.165, 1.54) is 11.8 Å². The Hall–Kier alpha value is -4.08. The van der Waals surface area contributed by atoms with Crippen LogP contribution in [-0.4, -0.2) is 27.5 Å². The number of para-hydroxylation sites is 1. The van der Waals surface area contributed by atoms with Crippen molar-refractivity contribution in [3.05, 3.63) is 88.0 Å². The fourth-order valence-corrected chi connectivity index (χ4v) is 6.29. The first-order chi connectivity index (χ1) is 18.8. The van der Waals surface area contributed by atoms with Gasteiger partial charge in [-0.3, -0.25) is 14.5 Å². The first-order valence-corrected chi connectivity index (χ1v) is 13.6. The van der Waals surface area contributed by atoms with Crippen LogP contribution in [0, 0.1) is 20.8 Å². The van der Waals surface area contributed by atoms with Gasteiger partial charge in [0.25, 0.3) is 5.91 Å². The SMILES string of the molecule is Cc1ccc(N2C(=O)/C(=C\c3c(C)n(CC(=O)Nc4ccc5c(c4)OCO5)c4ccccc34)SC2=S)c(C)c1. The Morgan fingerprint density at radius 3 is 2.67 bits per heavy atom. The smallest absolute Gasteiger partial charge is 0.270 e. The Morgan fingerprint density at radius 2 is 1.85 bits per heavy atom. The normalized spacial score (nSPS) is 15.6. The molecule has 0 aliphatic carbocycles. The average molecular weight is 556 g/mol. The van der Waals surface area contributed by atoms with Crippen LogP contribution in [0.1, 0.15) is 22.4 Å². The molecule has 2 aliphatic rings. The van der Waals surface area contributed by atoms with E-state index in [1.807, 2.05) is 73.9 Å². The largest absolute Gasteiger partial charge is 0.454 e. The molecule has 2 aliphatic heterocycles. The lowest BCUT2D eigenvalue weighted by Gasteiger charge is -2.17. The summed E-state index contributed by atoms with van der Waals surface area (Å²) in [7, 11) is 0. The fourth-order valence-electron chi connectivity index (χ4n) is 5.02. The molecule has 1 N–H and O–H groups in total. The molecule has 0 radical (unpaired) electrons. The second kappa shape index (κ2) is 9.91. The second-order valence-electron chi connectivity index (χ2n) is 9.53. The standard InChI is InChI=1S/C30H25N3O4S2/c1-17-8-10-23(18(2)12-17)33-29(35)27(39-30(33)38)14-22-19(3)32(24-7-5-4-6-21(22)24)15-28(34)31-20-9-11-25-26(13-20)37-16-36-25/h4-14H,15-16H2,1-3H3,(H,31,34)/b27-14+. The molecule has 39 heavy (non-hydrogen) atoms. The zero-order valence-corrected chi connectivity index (χ0v) is 23.2. The number of carbonyl (C=O) groups is 2. The minimum atomic E-state index is -0.176. The van der Waals surface area contributed by atoms with Crippen LogP contribution in [0.5, 0.6) is 11.5 Å². The van der Waals surface area contributed by atoms with Crippen LogP contribution in [0.2, 0.25) is 0 Å². The molecule has 2 amide bonds.